The molecule has 1 aromatic carbocycles. The highest BCUT2D eigenvalue weighted by molar-refractivity contribution is 14.1. The number of nitrogens with one attached hydrogen (secondary N) is 1. The van der Waals surface area contributed by atoms with Crippen LogP contribution in [0.3, 0.4) is 0 Å². The Hall–Kier alpha value is -0.820. The average Bonchev–Trinajstić information content (AvgIpc) is 2.41. The number of rotatable bonds is 6. The summed E-state index contributed by atoms with van der Waals surface area (Å²) in [6.07, 6.45) is -0.254. The van der Waals surface area contributed by atoms with Crippen LogP contribution in [0.1, 0.15) is 53.1 Å². The molecule has 1 atom stereocenters. The first-order valence-electron chi connectivity index (χ1n) is 8.08. The van der Waals surface area contributed by atoms with Crippen molar-refractivity contribution in [1.82, 2.24) is 10.2 Å². The van der Waals surface area contributed by atoms with Gasteiger partial charge in [-0.05, 0) is 81.8 Å². The maximum absolute atomic E-state index is 12.3. The highest BCUT2D eigenvalue weighted by atomic mass is 127. The molecule has 0 fully saturated rings. The molecule has 0 aromatic heterocycles. The summed E-state index contributed by atoms with van der Waals surface area (Å²) in [6.45, 7) is 13.2. The molecule has 0 aliphatic heterocycles. The third-order valence-corrected chi connectivity index (χ3v) is 4.14. The zero-order chi connectivity index (χ0) is 17.6. The van der Waals surface area contributed by atoms with Gasteiger partial charge in [0.2, 0.25) is 0 Å². The first-order valence-corrected chi connectivity index (χ1v) is 9.16. The smallest absolute Gasteiger partial charge is 0.410 e. The van der Waals surface area contributed by atoms with Gasteiger partial charge in [0.1, 0.15) is 5.60 Å². The number of carbonyl (C=O) groups is 1. The van der Waals surface area contributed by atoms with Gasteiger partial charge in [0.05, 0.1) is 0 Å². The van der Waals surface area contributed by atoms with Gasteiger partial charge >= 0.3 is 6.09 Å². The summed E-state index contributed by atoms with van der Waals surface area (Å²) in [5.41, 5.74) is 0.783. The van der Waals surface area contributed by atoms with Crippen LogP contribution in [-0.2, 0) is 4.74 Å². The Kier molecular flexibility index (Phi) is 7.80. The second-order valence-electron chi connectivity index (χ2n) is 6.99. The quantitative estimate of drug-likeness (QED) is 0.669. The lowest BCUT2D eigenvalue weighted by molar-refractivity contribution is 0.0192. The molecule has 1 rings (SSSR count). The fraction of sp³-hybridized carbons (Fsp3) is 0.611. The van der Waals surface area contributed by atoms with E-state index in [-0.39, 0.29) is 18.2 Å². The maximum atomic E-state index is 12.3. The third-order valence-electron chi connectivity index (χ3n) is 3.42. The molecule has 1 unspecified atom stereocenters. The monoisotopic (exact) mass is 432 g/mol. The minimum atomic E-state index is -0.466. The Labute approximate surface area is 154 Å². The van der Waals surface area contributed by atoms with Crippen LogP contribution in [0.15, 0.2) is 24.3 Å². The third kappa shape index (κ3) is 7.52. The van der Waals surface area contributed by atoms with E-state index >= 15 is 0 Å². The first-order chi connectivity index (χ1) is 10.6. The molecule has 130 valence electrons. The van der Waals surface area contributed by atoms with Crippen LogP contribution in [0, 0.1) is 3.57 Å². The molecule has 4 nitrogen and oxygen atoms in total. The van der Waals surface area contributed by atoms with E-state index in [0.29, 0.717) is 6.54 Å². The Balaban J connectivity index is 2.52. The van der Waals surface area contributed by atoms with Crippen LogP contribution in [0.25, 0.3) is 0 Å². The van der Waals surface area contributed by atoms with Gasteiger partial charge in [0.25, 0.3) is 0 Å². The van der Waals surface area contributed by atoms with Gasteiger partial charge in [-0.2, -0.15) is 0 Å². The van der Waals surface area contributed by atoms with Crippen LogP contribution in [0.4, 0.5) is 4.79 Å². The predicted molar refractivity (Wildman–Crippen MR) is 104 cm³/mol. The largest absolute Gasteiger partial charge is 0.444 e. The van der Waals surface area contributed by atoms with E-state index in [1.165, 1.54) is 9.13 Å². The summed E-state index contributed by atoms with van der Waals surface area (Å²) < 4.78 is 6.71. The summed E-state index contributed by atoms with van der Waals surface area (Å²) in [7, 11) is 0. The molecule has 0 aliphatic carbocycles. The number of halogens is 1. The number of hydrogen-bond donors (Lipinski definition) is 1. The molecule has 0 bridgehead atoms. The maximum Gasteiger partial charge on any atom is 0.410 e. The van der Waals surface area contributed by atoms with E-state index in [9.17, 15) is 4.79 Å². The summed E-state index contributed by atoms with van der Waals surface area (Å²) in [5.74, 6) is 0. The predicted octanol–water partition coefficient (Wildman–Crippen LogP) is 4.59. The molecule has 0 spiro atoms. The molecular formula is C18H29IN2O2. The molecule has 23 heavy (non-hydrogen) atoms. The molecular weight excluding hydrogens is 403 g/mol. The Morgan fingerprint density at radius 2 is 1.78 bits per heavy atom. The lowest BCUT2D eigenvalue weighted by Crippen LogP contribution is -2.44. The van der Waals surface area contributed by atoms with Crippen LogP contribution in [0.2, 0.25) is 0 Å². The normalized spacial score (nSPS) is 13.0. The highest BCUT2D eigenvalue weighted by Crippen LogP contribution is 2.15. The van der Waals surface area contributed by atoms with E-state index in [1.54, 1.807) is 4.90 Å². The summed E-state index contributed by atoms with van der Waals surface area (Å²) >= 11 is 2.30. The fourth-order valence-corrected chi connectivity index (χ4v) is 2.51. The number of carbonyl (C=O) groups excluding carboxylic acids is 1. The highest BCUT2D eigenvalue weighted by Gasteiger charge is 2.23. The summed E-state index contributed by atoms with van der Waals surface area (Å²) in [4.78, 5) is 14.0. The number of benzene rings is 1. The van der Waals surface area contributed by atoms with E-state index in [0.717, 1.165) is 6.54 Å². The molecule has 0 aliphatic rings. The summed E-state index contributed by atoms with van der Waals surface area (Å²) in [5, 5.41) is 3.47. The minimum Gasteiger partial charge on any atom is -0.444 e. The van der Waals surface area contributed by atoms with Crippen molar-refractivity contribution in [3.63, 3.8) is 0 Å². The van der Waals surface area contributed by atoms with Gasteiger partial charge in [0, 0.05) is 28.7 Å². The first kappa shape index (κ1) is 20.2. The van der Waals surface area contributed by atoms with Crippen molar-refractivity contribution in [3.05, 3.63) is 33.4 Å². The van der Waals surface area contributed by atoms with E-state index < -0.39 is 5.60 Å². The average molecular weight is 432 g/mol. The van der Waals surface area contributed by atoms with Gasteiger partial charge in [-0.1, -0.05) is 12.1 Å². The Morgan fingerprint density at radius 3 is 2.26 bits per heavy atom. The topological polar surface area (TPSA) is 41.6 Å². The van der Waals surface area contributed by atoms with Gasteiger partial charge in [-0.25, -0.2) is 4.79 Å². The zero-order valence-corrected chi connectivity index (χ0v) is 17.2. The molecule has 1 aromatic rings. The van der Waals surface area contributed by atoms with Gasteiger partial charge < -0.3 is 15.0 Å². The van der Waals surface area contributed by atoms with Crippen LogP contribution in [0.5, 0.6) is 0 Å². The van der Waals surface area contributed by atoms with E-state index in [1.807, 2.05) is 34.6 Å². The van der Waals surface area contributed by atoms with Crippen molar-refractivity contribution >= 4 is 28.7 Å². The van der Waals surface area contributed by atoms with Gasteiger partial charge in [-0.15, -0.1) is 0 Å². The van der Waals surface area contributed by atoms with Crippen LogP contribution in [-0.4, -0.2) is 35.7 Å². The van der Waals surface area contributed by atoms with Crippen molar-refractivity contribution in [1.29, 1.82) is 0 Å². The Bertz CT molecular complexity index is 495. The lowest BCUT2D eigenvalue weighted by Gasteiger charge is -2.30. The minimum absolute atomic E-state index is 0.111. The van der Waals surface area contributed by atoms with E-state index in [2.05, 4.69) is 59.1 Å². The number of nitrogens with zero attached hydrogens (tertiary/aromatic N) is 1. The molecule has 0 radical (unpaired) electrons. The molecule has 0 saturated heterocycles. The molecule has 5 heteroatoms. The van der Waals surface area contributed by atoms with Crippen molar-refractivity contribution < 1.29 is 9.53 Å². The van der Waals surface area contributed by atoms with Crippen molar-refractivity contribution in [2.75, 3.05) is 13.1 Å². The van der Waals surface area contributed by atoms with Crippen molar-refractivity contribution in [3.8, 4) is 0 Å². The van der Waals surface area contributed by atoms with Gasteiger partial charge in [-0.3, -0.25) is 0 Å². The second kappa shape index (κ2) is 8.87. The van der Waals surface area contributed by atoms with Crippen molar-refractivity contribution in [2.24, 2.45) is 0 Å². The molecule has 1 amide bonds. The van der Waals surface area contributed by atoms with Crippen LogP contribution >= 0.6 is 22.6 Å². The second-order valence-corrected chi connectivity index (χ2v) is 8.24. The number of amides is 1. The molecule has 0 heterocycles. The lowest BCUT2D eigenvalue weighted by atomic mass is 10.1. The molecule has 1 N–H and O–H groups in total. The fourth-order valence-electron chi connectivity index (χ4n) is 2.15. The standard InChI is InChI=1S/C18H29IN2O2/c1-13(2)21(17(22)23-18(4,5)6)12-11-20-14(3)15-7-9-16(19)10-8-15/h7-10,13-14,20H,11-12H2,1-6H3. The van der Waals surface area contributed by atoms with Gasteiger partial charge in [0.15, 0.2) is 0 Å². The molecule has 0 saturated carbocycles. The van der Waals surface area contributed by atoms with Crippen LogP contribution < -0.4 is 5.32 Å². The summed E-state index contributed by atoms with van der Waals surface area (Å²) in [6, 6.07) is 8.84. The SMILES string of the molecule is CC(NCCN(C(=O)OC(C)(C)C)C(C)C)c1ccc(I)cc1. The van der Waals surface area contributed by atoms with E-state index in [4.69, 9.17) is 4.74 Å². The Morgan fingerprint density at radius 1 is 1.22 bits per heavy atom. The number of ether oxygens (including phenoxy) is 1. The number of hydrogen-bond acceptors (Lipinski definition) is 3. The zero-order valence-electron chi connectivity index (χ0n) is 15.0. The van der Waals surface area contributed by atoms with Crippen molar-refractivity contribution in [2.45, 2.75) is 59.2 Å².